The van der Waals surface area contributed by atoms with Crippen LogP contribution in [0.2, 0.25) is 0 Å². The number of aliphatic hydroxyl groups excluding tert-OH is 1. The van der Waals surface area contributed by atoms with E-state index in [1.165, 1.54) is 4.90 Å². The molecule has 1 unspecified atom stereocenters. The Morgan fingerprint density at radius 2 is 2.00 bits per heavy atom. The monoisotopic (exact) mass is 223 g/mol. The van der Waals surface area contributed by atoms with Crippen LogP contribution in [0.4, 0.5) is 10.5 Å². The molecule has 0 spiro atoms. The molecule has 1 amide bonds. The van der Waals surface area contributed by atoms with E-state index in [9.17, 15) is 9.90 Å². The molecule has 1 atom stereocenters. The molecule has 0 bridgehead atoms. The summed E-state index contributed by atoms with van der Waals surface area (Å²) in [6.45, 7) is 3.83. The van der Waals surface area contributed by atoms with Gasteiger partial charge < -0.3 is 9.84 Å². The fourth-order valence-corrected chi connectivity index (χ4v) is 1.36. The third-order valence-corrected chi connectivity index (χ3v) is 2.16. The van der Waals surface area contributed by atoms with Crippen LogP contribution in [-0.2, 0) is 4.74 Å². The Bertz CT molecular complexity index is 326. The van der Waals surface area contributed by atoms with Gasteiger partial charge in [0.05, 0.1) is 6.61 Å². The van der Waals surface area contributed by atoms with Gasteiger partial charge in [-0.15, -0.1) is 0 Å². The van der Waals surface area contributed by atoms with E-state index in [1.54, 1.807) is 26.0 Å². The number of ether oxygens (including phenoxy) is 1. The predicted octanol–water partition coefficient (Wildman–Crippen LogP) is 2.38. The molecule has 0 aliphatic carbocycles. The van der Waals surface area contributed by atoms with Crippen molar-refractivity contribution in [3.05, 3.63) is 30.3 Å². The summed E-state index contributed by atoms with van der Waals surface area (Å²) in [6, 6.07) is 8.99. The van der Waals surface area contributed by atoms with Gasteiger partial charge in [0.2, 0.25) is 0 Å². The van der Waals surface area contributed by atoms with Gasteiger partial charge in [0.1, 0.15) is 6.23 Å². The number of nitrogens with zero attached hydrogens (tertiary/aromatic N) is 1. The standard InChI is InChI=1S/C12H17NO3/c1-3-11(14)13(12(15)16-4-2)10-8-6-5-7-9-10/h5-9,11,14H,3-4H2,1-2H3. The second-order valence-corrected chi connectivity index (χ2v) is 3.29. The minimum absolute atomic E-state index is 0.290. The third-order valence-electron chi connectivity index (χ3n) is 2.16. The van der Waals surface area contributed by atoms with Crippen molar-refractivity contribution in [3.8, 4) is 0 Å². The van der Waals surface area contributed by atoms with Crippen LogP contribution in [0.25, 0.3) is 0 Å². The average Bonchev–Trinajstić information content (AvgIpc) is 2.31. The molecule has 0 fully saturated rings. The van der Waals surface area contributed by atoms with Crippen LogP contribution in [0.5, 0.6) is 0 Å². The highest BCUT2D eigenvalue weighted by Gasteiger charge is 2.22. The van der Waals surface area contributed by atoms with E-state index in [-0.39, 0.29) is 0 Å². The average molecular weight is 223 g/mol. The molecule has 1 N–H and O–H groups in total. The van der Waals surface area contributed by atoms with Crippen molar-refractivity contribution in [2.24, 2.45) is 0 Å². The lowest BCUT2D eigenvalue weighted by atomic mass is 10.2. The van der Waals surface area contributed by atoms with Crippen molar-refractivity contribution in [2.45, 2.75) is 26.5 Å². The van der Waals surface area contributed by atoms with Crippen LogP contribution in [0.1, 0.15) is 20.3 Å². The molecule has 0 aliphatic rings. The molecule has 0 aliphatic heterocycles. The van der Waals surface area contributed by atoms with Crippen LogP contribution in [0.15, 0.2) is 30.3 Å². The first kappa shape index (κ1) is 12.5. The largest absolute Gasteiger partial charge is 0.449 e. The fourth-order valence-electron chi connectivity index (χ4n) is 1.36. The number of hydrogen-bond donors (Lipinski definition) is 1. The Kier molecular flexibility index (Phi) is 4.79. The first-order valence-electron chi connectivity index (χ1n) is 5.39. The summed E-state index contributed by atoms with van der Waals surface area (Å²) in [5.41, 5.74) is 0.635. The van der Waals surface area contributed by atoms with Gasteiger partial charge in [-0.2, -0.15) is 0 Å². The third kappa shape index (κ3) is 2.97. The van der Waals surface area contributed by atoms with E-state index in [0.717, 1.165) is 0 Å². The number of carbonyl (C=O) groups excluding carboxylic acids is 1. The Labute approximate surface area is 95.5 Å². The van der Waals surface area contributed by atoms with Crippen LogP contribution >= 0.6 is 0 Å². The molecule has 16 heavy (non-hydrogen) atoms. The van der Waals surface area contributed by atoms with Gasteiger partial charge >= 0.3 is 6.09 Å². The maximum atomic E-state index is 11.7. The van der Waals surface area contributed by atoms with E-state index in [1.807, 2.05) is 18.2 Å². The van der Waals surface area contributed by atoms with Crippen LogP contribution in [0.3, 0.4) is 0 Å². The van der Waals surface area contributed by atoms with Gasteiger partial charge in [0.25, 0.3) is 0 Å². The van der Waals surface area contributed by atoms with Crippen molar-refractivity contribution in [3.63, 3.8) is 0 Å². The number of benzene rings is 1. The van der Waals surface area contributed by atoms with E-state index >= 15 is 0 Å². The van der Waals surface area contributed by atoms with E-state index in [0.29, 0.717) is 18.7 Å². The van der Waals surface area contributed by atoms with Gasteiger partial charge in [-0.25, -0.2) is 4.79 Å². The molecule has 4 heteroatoms. The lowest BCUT2D eigenvalue weighted by Crippen LogP contribution is -2.40. The van der Waals surface area contributed by atoms with Crippen molar-refractivity contribution < 1.29 is 14.6 Å². The summed E-state index contributed by atoms with van der Waals surface area (Å²) in [5, 5.41) is 9.79. The zero-order valence-electron chi connectivity index (χ0n) is 9.59. The van der Waals surface area contributed by atoms with Gasteiger partial charge in [-0.05, 0) is 25.5 Å². The summed E-state index contributed by atoms with van der Waals surface area (Å²) in [5.74, 6) is 0. The van der Waals surface area contributed by atoms with Crippen molar-refractivity contribution >= 4 is 11.8 Å². The van der Waals surface area contributed by atoms with Crippen molar-refractivity contribution in [1.29, 1.82) is 0 Å². The van der Waals surface area contributed by atoms with Crippen LogP contribution < -0.4 is 4.90 Å². The number of para-hydroxylation sites is 1. The molecule has 0 saturated carbocycles. The van der Waals surface area contributed by atoms with Gasteiger partial charge in [0, 0.05) is 5.69 Å². The first-order valence-corrected chi connectivity index (χ1v) is 5.39. The molecule has 0 saturated heterocycles. The molecule has 0 radical (unpaired) electrons. The van der Waals surface area contributed by atoms with Gasteiger partial charge in [-0.1, -0.05) is 25.1 Å². The van der Waals surface area contributed by atoms with E-state index < -0.39 is 12.3 Å². The maximum Gasteiger partial charge on any atom is 0.416 e. The second kappa shape index (κ2) is 6.12. The summed E-state index contributed by atoms with van der Waals surface area (Å²) in [6.07, 6.45) is -0.933. The number of carbonyl (C=O) groups is 1. The fraction of sp³-hybridized carbons (Fsp3) is 0.417. The number of anilines is 1. The van der Waals surface area contributed by atoms with E-state index in [2.05, 4.69) is 0 Å². The Morgan fingerprint density at radius 3 is 2.50 bits per heavy atom. The van der Waals surface area contributed by atoms with E-state index in [4.69, 9.17) is 4.74 Å². The predicted molar refractivity (Wildman–Crippen MR) is 62.2 cm³/mol. The molecule has 1 aromatic carbocycles. The van der Waals surface area contributed by atoms with Crippen molar-refractivity contribution in [1.82, 2.24) is 0 Å². The smallest absolute Gasteiger partial charge is 0.416 e. The number of amides is 1. The molecule has 88 valence electrons. The maximum absolute atomic E-state index is 11.7. The minimum atomic E-state index is -0.860. The Morgan fingerprint density at radius 1 is 1.38 bits per heavy atom. The summed E-state index contributed by atoms with van der Waals surface area (Å²) in [7, 11) is 0. The quantitative estimate of drug-likeness (QED) is 0.797. The molecule has 0 heterocycles. The van der Waals surface area contributed by atoms with Crippen molar-refractivity contribution in [2.75, 3.05) is 11.5 Å². The first-order chi connectivity index (χ1) is 7.70. The lowest BCUT2D eigenvalue weighted by Gasteiger charge is -2.26. The lowest BCUT2D eigenvalue weighted by molar-refractivity contribution is 0.122. The molecular weight excluding hydrogens is 206 g/mol. The minimum Gasteiger partial charge on any atom is -0.449 e. The topological polar surface area (TPSA) is 49.8 Å². The molecule has 4 nitrogen and oxygen atoms in total. The van der Waals surface area contributed by atoms with Gasteiger partial charge in [-0.3, -0.25) is 4.90 Å². The zero-order chi connectivity index (χ0) is 12.0. The molecule has 1 rings (SSSR count). The SMILES string of the molecule is CCOC(=O)N(c1ccccc1)C(O)CC. The number of aliphatic hydroxyl groups is 1. The highest BCUT2D eigenvalue weighted by atomic mass is 16.6. The zero-order valence-corrected chi connectivity index (χ0v) is 9.59. The molecular formula is C12H17NO3. The summed E-state index contributed by atoms with van der Waals surface area (Å²) >= 11 is 0. The normalized spacial score (nSPS) is 11.9. The highest BCUT2D eigenvalue weighted by molar-refractivity contribution is 5.87. The Hall–Kier alpha value is -1.55. The van der Waals surface area contributed by atoms with Gasteiger partial charge in [0.15, 0.2) is 0 Å². The van der Waals surface area contributed by atoms with Crippen LogP contribution in [0, 0.1) is 0 Å². The number of hydrogen-bond acceptors (Lipinski definition) is 3. The summed E-state index contributed by atoms with van der Waals surface area (Å²) < 4.78 is 4.91. The number of rotatable bonds is 4. The molecule has 1 aromatic rings. The summed E-state index contributed by atoms with van der Waals surface area (Å²) in [4.78, 5) is 12.9. The second-order valence-electron chi connectivity index (χ2n) is 3.29. The van der Waals surface area contributed by atoms with Crippen LogP contribution in [-0.4, -0.2) is 24.0 Å². The molecule has 0 aromatic heterocycles. The highest BCUT2D eigenvalue weighted by Crippen LogP contribution is 2.18. The Balaban J connectivity index is 2.92.